The van der Waals surface area contributed by atoms with Crippen LogP contribution in [0.3, 0.4) is 0 Å². The molecule has 0 saturated carbocycles. The number of nitrogens with zero attached hydrogens (tertiary/aromatic N) is 2. The zero-order chi connectivity index (χ0) is 27.3. The fourth-order valence-electron chi connectivity index (χ4n) is 4.68. The van der Waals surface area contributed by atoms with Crippen LogP contribution in [0.25, 0.3) is 10.9 Å². The first-order chi connectivity index (χ1) is 18.1. The Hall–Kier alpha value is -3.98. The average molecular weight is 519 g/mol. The van der Waals surface area contributed by atoms with E-state index in [1.54, 1.807) is 28.7 Å². The molecule has 1 aliphatic rings. The summed E-state index contributed by atoms with van der Waals surface area (Å²) < 4.78 is 6.01. The van der Waals surface area contributed by atoms with Crippen molar-refractivity contribution >= 4 is 34.3 Å². The van der Waals surface area contributed by atoms with Crippen LogP contribution in [0.5, 0.6) is 5.75 Å². The minimum absolute atomic E-state index is 0.0651. The predicted molar refractivity (Wildman–Crippen MR) is 143 cm³/mol. The van der Waals surface area contributed by atoms with Gasteiger partial charge in [0.2, 0.25) is 17.7 Å². The molecule has 2 aromatic carbocycles. The minimum atomic E-state index is -0.847. The third-order valence-corrected chi connectivity index (χ3v) is 6.66. The van der Waals surface area contributed by atoms with Crippen LogP contribution in [0.15, 0.2) is 60.8 Å². The normalized spacial score (nSPS) is 17.6. The van der Waals surface area contributed by atoms with Crippen LogP contribution in [0, 0.1) is 17.3 Å². The van der Waals surface area contributed by atoms with E-state index in [1.165, 1.54) is 0 Å². The van der Waals surface area contributed by atoms with Crippen molar-refractivity contribution in [3.63, 3.8) is 0 Å². The summed E-state index contributed by atoms with van der Waals surface area (Å²) in [6.45, 7) is 6.73. The number of carbonyl (C=O) groups excluding carboxylic acids is 3. The number of anilines is 1. The van der Waals surface area contributed by atoms with Crippen molar-refractivity contribution in [3.05, 3.63) is 66.4 Å². The van der Waals surface area contributed by atoms with Gasteiger partial charge in [-0.25, -0.2) is 5.48 Å². The lowest BCUT2D eigenvalue weighted by Crippen LogP contribution is -2.52. The SMILES string of the molecule is CC(C)(C)CC(=O)N1CCC(C(=O)Nc2ccc(COc3ccnc4ccccc34)cc2)[C@@H](C(=O)NO)C1. The first-order valence-corrected chi connectivity index (χ1v) is 12.7. The third kappa shape index (κ3) is 6.66. The molecule has 2 heterocycles. The number of likely N-dealkylation sites (tertiary alicyclic amines) is 1. The smallest absolute Gasteiger partial charge is 0.249 e. The van der Waals surface area contributed by atoms with Gasteiger partial charge in [0.25, 0.3) is 0 Å². The number of hydrogen-bond donors (Lipinski definition) is 3. The second-order valence-corrected chi connectivity index (χ2v) is 10.9. The summed E-state index contributed by atoms with van der Waals surface area (Å²) >= 11 is 0. The molecule has 1 aliphatic heterocycles. The minimum Gasteiger partial charge on any atom is -0.488 e. The molecular weight excluding hydrogens is 484 g/mol. The maximum atomic E-state index is 13.1. The van der Waals surface area contributed by atoms with Crippen LogP contribution in [0.2, 0.25) is 0 Å². The van der Waals surface area contributed by atoms with Gasteiger partial charge in [-0.2, -0.15) is 0 Å². The zero-order valence-electron chi connectivity index (χ0n) is 21.9. The van der Waals surface area contributed by atoms with Gasteiger partial charge in [-0.3, -0.25) is 24.6 Å². The van der Waals surface area contributed by atoms with Crippen molar-refractivity contribution in [3.8, 4) is 5.75 Å². The number of carbonyl (C=O) groups is 3. The van der Waals surface area contributed by atoms with Crippen molar-refractivity contribution < 1.29 is 24.3 Å². The average Bonchev–Trinajstić information content (AvgIpc) is 2.91. The standard InChI is InChI=1S/C29H34N4O5/c1-29(2,3)16-26(34)33-15-13-21(23(17-33)28(36)32-37)27(35)31-20-10-8-19(9-11-20)18-38-25-12-14-30-24-7-5-4-6-22(24)25/h4-12,14,21,23,37H,13,15-18H2,1-3H3,(H,31,35)(H,32,36)/t21?,23-/m0/s1. The molecule has 2 atom stereocenters. The van der Waals surface area contributed by atoms with Crippen molar-refractivity contribution in [1.29, 1.82) is 0 Å². The largest absolute Gasteiger partial charge is 0.488 e. The third-order valence-electron chi connectivity index (χ3n) is 6.66. The van der Waals surface area contributed by atoms with E-state index >= 15 is 0 Å². The van der Waals surface area contributed by atoms with E-state index in [4.69, 9.17) is 4.74 Å². The Bertz CT molecular complexity index is 1300. The molecule has 38 heavy (non-hydrogen) atoms. The van der Waals surface area contributed by atoms with E-state index in [0.717, 1.165) is 22.2 Å². The van der Waals surface area contributed by atoms with Gasteiger partial charge in [0, 0.05) is 36.8 Å². The summed E-state index contributed by atoms with van der Waals surface area (Å²) in [6.07, 6.45) is 2.38. The lowest BCUT2D eigenvalue weighted by molar-refractivity contribution is -0.146. The second-order valence-electron chi connectivity index (χ2n) is 10.9. The number of rotatable bonds is 7. The van der Waals surface area contributed by atoms with E-state index < -0.39 is 17.7 Å². The molecule has 1 unspecified atom stereocenters. The summed E-state index contributed by atoms with van der Waals surface area (Å²) in [6, 6.07) is 16.9. The molecule has 9 nitrogen and oxygen atoms in total. The van der Waals surface area contributed by atoms with E-state index in [9.17, 15) is 19.6 Å². The first-order valence-electron chi connectivity index (χ1n) is 12.7. The van der Waals surface area contributed by atoms with E-state index in [1.807, 2.05) is 63.2 Å². The predicted octanol–water partition coefficient (Wildman–Crippen LogP) is 4.16. The number of hydrogen-bond acceptors (Lipinski definition) is 6. The number of para-hydroxylation sites is 1. The zero-order valence-corrected chi connectivity index (χ0v) is 21.9. The monoisotopic (exact) mass is 518 g/mol. The van der Waals surface area contributed by atoms with Crippen LogP contribution in [-0.4, -0.2) is 45.9 Å². The van der Waals surface area contributed by atoms with E-state index in [0.29, 0.717) is 31.7 Å². The number of benzene rings is 2. The molecular formula is C29H34N4O5. The molecule has 0 radical (unpaired) electrons. The number of fused-ring (bicyclic) bond motifs is 1. The molecule has 0 aliphatic carbocycles. The van der Waals surface area contributed by atoms with Gasteiger partial charge in [-0.1, -0.05) is 45.0 Å². The first kappa shape index (κ1) is 27.1. The van der Waals surface area contributed by atoms with Gasteiger partial charge in [-0.15, -0.1) is 0 Å². The maximum absolute atomic E-state index is 13.1. The highest BCUT2D eigenvalue weighted by atomic mass is 16.5. The lowest BCUT2D eigenvalue weighted by atomic mass is 9.83. The quantitative estimate of drug-likeness (QED) is 0.319. The summed E-state index contributed by atoms with van der Waals surface area (Å²) in [5, 5.41) is 13.1. The Kier molecular flexibility index (Phi) is 8.26. The molecule has 0 bridgehead atoms. The Morgan fingerprint density at radius 2 is 1.76 bits per heavy atom. The van der Waals surface area contributed by atoms with Crippen LogP contribution in [0.1, 0.15) is 39.2 Å². The highest BCUT2D eigenvalue weighted by Gasteiger charge is 2.40. The van der Waals surface area contributed by atoms with Crippen LogP contribution >= 0.6 is 0 Å². The van der Waals surface area contributed by atoms with E-state index in [-0.39, 0.29) is 23.8 Å². The van der Waals surface area contributed by atoms with Gasteiger partial charge >= 0.3 is 0 Å². The fraction of sp³-hybridized carbons (Fsp3) is 0.379. The number of pyridine rings is 1. The molecule has 9 heteroatoms. The number of amides is 3. The van der Waals surface area contributed by atoms with Crippen molar-refractivity contribution in [2.45, 2.75) is 40.2 Å². The summed E-state index contributed by atoms with van der Waals surface area (Å²) in [5.41, 5.74) is 3.84. The summed E-state index contributed by atoms with van der Waals surface area (Å²) in [5.74, 6) is -1.84. The van der Waals surface area contributed by atoms with Gasteiger partial charge < -0.3 is 15.0 Å². The Balaban J connectivity index is 1.37. The molecule has 1 saturated heterocycles. The number of aromatic nitrogens is 1. The molecule has 1 fully saturated rings. The Morgan fingerprint density at radius 1 is 1.03 bits per heavy atom. The second kappa shape index (κ2) is 11.6. The molecule has 0 spiro atoms. The maximum Gasteiger partial charge on any atom is 0.249 e. The molecule has 3 N–H and O–H groups in total. The van der Waals surface area contributed by atoms with Gasteiger partial charge in [0.05, 0.1) is 17.4 Å². The van der Waals surface area contributed by atoms with Crippen molar-refractivity contribution in [2.24, 2.45) is 17.3 Å². The lowest BCUT2D eigenvalue weighted by Gasteiger charge is -2.37. The Labute approximate surface area is 222 Å². The number of hydroxylamine groups is 1. The molecule has 4 rings (SSSR count). The van der Waals surface area contributed by atoms with E-state index in [2.05, 4.69) is 10.3 Å². The van der Waals surface area contributed by atoms with Crippen molar-refractivity contribution in [1.82, 2.24) is 15.4 Å². The van der Waals surface area contributed by atoms with Gasteiger partial charge in [-0.05, 0) is 47.7 Å². The molecule has 3 amide bonds. The van der Waals surface area contributed by atoms with Crippen LogP contribution < -0.4 is 15.5 Å². The van der Waals surface area contributed by atoms with Gasteiger partial charge in [0.1, 0.15) is 12.4 Å². The fourth-order valence-corrected chi connectivity index (χ4v) is 4.68. The molecule has 200 valence electrons. The van der Waals surface area contributed by atoms with Crippen LogP contribution in [-0.2, 0) is 21.0 Å². The molecule has 1 aromatic heterocycles. The van der Waals surface area contributed by atoms with Crippen molar-refractivity contribution in [2.75, 3.05) is 18.4 Å². The van der Waals surface area contributed by atoms with Gasteiger partial charge in [0.15, 0.2) is 0 Å². The highest BCUT2D eigenvalue weighted by molar-refractivity contribution is 5.96. The Morgan fingerprint density at radius 3 is 2.47 bits per heavy atom. The highest BCUT2D eigenvalue weighted by Crippen LogP contribution is 2.29. The summed E-state index contributed by atoms with van der Waals surface area (Å²) in [4.78, 5) is 44.2. The van der Waals surface area contributed by atoms with Crippen LogP contribution in [0.4, 0.5) is 5.69 Å². The molecule has 3 aromatic rings. The number of ether oxygens (including phenoxy) is 1. The topological polar surface area (TPSA) is 121 Å². The number of nitrogens with one attached hydrogen (secondary N) is 2. The summed E-state index contributed by atoms with van der Waals surface area (Å²) in [7, 11) is 0. The number of piperidine rings is 1.